The first kappa shape index (κ1) is 17.5. The van der Waals surface area contributed by atoms with Gasteiger partial charge < -0.3 is 24.2 Å². The molecule has 3 fully saturated rings. The van der Waals surface area contributed by atoms with Crippen molar-refractivity contribution >= 4 is 17.7 Å². The SMILES string of the molecule is c1cnc(N2CCN(c3nncc(N4CCC5(CC4)OCCO5)n3)CC2)nc1. The molecule has 0 radical (unpaired) electrons. The second-order valence-electron chi connectivity index (χ2n) is 7.23. The molecular formula is C18H24N8O2. The van der Waals surface area contributed by atoms with Crippen LogP contribution < -0.4 is 14.7 Å². The van der Waals surface area contributed by atoms with E-state index in [4.69, 9.17) is 14.5 Å². The Bertz CT molecular complexity index is 783. The van der Waals surface area contributed by atoms with Crippen molar-refractivity contribution in [2.75, 3.05) is 67.2 Å². The first-order valence-electron chi connectivity index (χ1n) is 9.81. The van der Waals surface area contributed by atoms with Gasteiger partial charge in [-0.3, -0.25) is 0 Å². The highest BCUT2D eigenvalue weighted by molar-refractivity contribution is 5.43. The zero-order chi connectivity index (χ0) is 18.8. The van der Waals surface area contributed by atoms with Crippen molar-refractivity contribution in [1.82, 2.24) is 25.1 Å². The number of piperidine rings is 1. The zero-order valence-electron chi connectivity index (χ0n) is 15.8. The summed E-state index contributed by atoms with van der Waals surface area (Å²) in [5.41, 5.74) is 0. The third-order valence-electron chi connectivity index (χ3n) is 5.60. The largest absolute Gasteiger partial charge is 0.355 e. The van der Waals surface area contributed by atoms with Crippen LogP contribution in [-0.2, 0) is 9.47 Å². The summed E-state index contributed by atoms with van der Waals surface area (Å²) in [7, 11) is 0. The van der Waals surface area contributed by atoms with Crippen LogP contribution in [-0.4, -0.2) is 83.4 Å². The molecule has 0 N–H and O–H groups in total. The standard InChI is InChI=1S/C18H24N8O2/c1-4-19-16(20-5-1)25-8-10-26(11-9-25)17-22-15(14-21-23-17)24-6-2-18(3-7-24)27-12-13-28-18/h1,4-5,14H,2-3,6-13H2. The van der Waals surface area contributed by atoms with Gasteiger partial charge in [0.25, 0.3) is 0 Å². The van der Waals surface area contributed by atoms with Gasteiger partial charge in [0.15, 0.2) is 11.6 Å². The van der Waals surface area contributed by atoms with Gasteiger partial charge in [-0.15, -0.1) is 5.10 Å². The van der Waals surface area contributed by atoms with Gasteiger partial charge in [-0.25, -0.2) is 9.97 Å². The van der Waals surface area contributed by atoms with E-state index in [-0.39, 0.29) is 5.79 Å². The Morgan fingerprint density at radius 1 is 0.786 bits per heavy atom. The predicted octanol–water partition coefficient (Wildman–Crippen LogP) is 0.332. The number of anilines is 3. The van der Waals surface area contributed by atoms with Crippen LogP contribution in [0, 0.1) is 0 Å². The molecule has 5 rings (SSSR count). The molecule has 2 aromatic heterocycles. The molecule has 0 atom stereocenters. The average molecular weight is 384 g/mol. The van der Waals surface area contributed by atoms with Crippen LogP contribution in [0.25, 0.3) is 0 Å². The van der Waals surface area contributed by atoms with Gasteiger partial charge in [0.2, 0.25) is 11.9 Å². The van der Waals surface area contributed by atoms with E-state index < -0.39 is 0 Å². The van der Waals surface area contributed by atoms with E-state index in [9.17, 15) is 0 Å². The van der Waals surface area contributed by atoms with Gasteiger partial charge >= 0.3 is 0 Å². The molecule has 2 aromatic rings. The highest BCUT2D eigenvalue weighted by atomic mass is 16.7. The quantitative estimate of drug-likeness (QED) is 0.737. The van der Waals surface area contributed by atoms with Gasteiger partial charge in [-0.05, 0) is 6.07 Å². The predicted molar refractivity (Wildman–Crippen MR) is 102 cm³/mol. The Morgan fingerprint density at radius 2 is 1.43 bits per heavy atom. The number of ether oxygens (including phenoxy) is 2. The van der Waals surface area contributed by atoms with Crippen molar-refractivity contribution < 1.29 is 9.47 Å². The molecule has 1 spiro atoms. The fourth-order valence-corrected chi connectivity index (χ4v) is 4.00. The van der Waals surface area contributed by atoms with Crippen LogP contribution in [0.3, 0.4) is 0 Å². The minimum atomic E-state index is -0.379. The number of aromatic nitrogens is 5. The van der Waals surface area contributed by atoms with Crippen molar-refractivity contribution in [3.63, 3.8) is 0 Å². The van der Waals surface area contributed by atoms with E-state index in [0.717, 1.165) is 63.9 Å². The molecule has 0 bridgehead atoms. The Hall–Kier alpha value is -2.59. The summed E-state index contributed by atoms with van der Waals surface area (Å²) in [6.45, 7) is 6.37. The number of hydrogen-bond donors (Lipinski definition) is 0. The van der Waals surface area contributed by atoms with Gasteiger partial charge in [0, 0.05) is 64.5 Å². The van der Waals surface area contributed by atoms with E-state index in [1.807, 2.05) is 6.07 Å². The topological polar surface area (TPSA) is 92.6 Å². The van der Waals surface area contributed by atoms with Crippen LogP contribution in [0.15, 0.2) is 24.7 Å². The maximum Gasteiger partial charge on any atom is 0.247 e. The summed E-state index contributed by atoms with van der Waals surface area (Å²) in [4.78, 5) is 20.0. The molecule has 10 nitrogen and oxygen atoms in total. The second kappa shape index (κ2) is 7.44. The molecule has 3 saturated heterocycles. The molecular weight excluding hydrogens is 360 g/mol. The fourth-order valence-electron chi connectivity index (χ4n) is 4.00. The smallest absolute Gasteiger partial charge is 0.247 e. The Morgan fingerprint density at radius 3 is 2.11 bits per heavy atom. The van der Waals surface area contributed by atoms with E-state index >= 15 is 0 Å². The molecule has 0 saturated carbocycles. The summed E-state index contributed by atoms with van der Waals surface area (Å²) in [6.07, 6.45) is 6.99. The van der Waals surface area contributed by atoms with Gasteiger partial charge in [-0.2, -0.15) is 10.1 Å². The minimum Gasteiger partial charge on any atom is -0.355 e. The lowest BCUT2D eigenvalue weighted by Gasteiger charge is -2.38. The monoisotopic (exact) mass is 384 g/mol. The van der Waals surface area contributed by atoms with Gasteiger partial charge in [0.05, 0.1) is 19.4 Å². The molecule has 3 aliphatic rings. The minimum absolute atomic E-state index is 0.379. The Kier molecular flexibility index (Phi) is 4.65. The third-order valence-corrected chi connectivity index (χ3v) is 5.60. The summed E-state index contributed by atoms with van der Waals surface area (Å²) in [5, 5.41) is 8.47. The van der Waals surface area contributed by atoms with Gasteiger partial charge in [0.1, 0.15) is 0 Å². The third kappa shape index (κ3) is 3.45. The molecule has 0 aromatic carbocycles. The molecule has 0 amide bonds. The second-order valence-corrected chi connectivity index (χ2v) is 7.23. The first-order chi connectivity index (χ1) is 13.8. The van der Waals surface area contributed by atoms with Crippen molar-refractivity contribution in [1.29, 1.82) is 0 Å². The molecule has 10 heteroatoms. The van der Waals surface area contributed by atoms with E-state index in [1.165, 1.54) is 0 Å². The molecule has 148 valence electrons. The molecule has 0 unspecified atom stereocenters. The number of nitrogens with zero attached hydrogens (tertiary/aromatic N) is 8. The van der Waals surface area contributed by atoms with Crippen LogP contribution >= 0.6 is 0 Å². The normalized spacial score (nSPS) is 22.1. The van der Waals surface area contributed by atoms with E-state index in [1.54, 1.807) is 18.6 Å². The number of rotatable bonds is 3. The number of hydrogen-bond acceptors (Lipinski definition) is 10. The average Bonchev–Trinajstić information content (AvgIpc) is 3.23. The van der Waals surface area contributed by atoms with E-state index in [0.29, 0.717) is 19.2 Å². The first-order valence-corrected chi connectivity index (χ1v) is 9.81. The Balaban J connectivity index is 1.22. The Labute approximate surface area is 163 Å². The van der Waals surface area contributed by atoms with Crippen molar-refractivity contribution in [3.8, 4) is 0 Å². The van der Waals surface area contributed by atoms with E-state index in [2.05, 4.69) is 34.9 Å². The highest BCUT2D eigenvalue weighted by Gasteiger charge is 2.40. The van der Waals surface area contributed by atoms with Crippen molar-refractivity contribution in [3.05, 3.63) is 24.7 Å². The lowest BCUT2D eigenvalue weighted by molar-refractivity contribution is -0.169. The van der Waals surface area contributed by atoms with Gasteiger partial charge in [-0.1, -0.05) is 0 Å². The maximum absolute atomic E-state index is 5.81. The van der Waals surface area contributed by atoms with Crippen molar-refractivity contribution in [2.24, 2.45) is 0 Å². The fraction of sp³-hybridized carbons (Fsp3) is 0.611. The maximum atomic E-state index is 5.81. The van der Waals surface area contributed by atoms with Crippen LogP contribution in [0.4, 0.5) is 17.7 Å². The molecule has 0 aliphatic carbocycles. The summed E-state index contributed by atoms with van der Waals surface area (Å²) < 4.78 is 11.6. The summed E-state index contributed by atoms with van der Waals surface area (Å²) in [5.74, 6) is 1.94. The molecule has 5 heterocycles. The lowest BCUT2D eigenvalue weighted by Crippen LogP contribution is -2.48. The van der Waals surface area contributed by atoms with Crippen LogP contribution in [0.5, 0.6) is 0 Å². The molecule has 28 heavy (non-hydrogen) atoms. The highest BCUT2D eigenvalue weighted by Crippen LogP contribution is 2.32. The van der Waals surface area contributed by atoms with Crippen LogP contribution in [0.2, 0.25) is 0 Å². The van der Waals surface area contributed by atoms with Crippen LogP contribution in [0.1, 0.15) is 12.8 Å². The van der Waals surface area contributed by atoms with Crippen molar-refractivity contribution in [2.45, 2.75) is 18.6 Å². The molecule has 3 aliphatic heterocycles. The zero-order valence-corrected chi connectivity index (χ0v) is 15.8. The summed E-state index contributed by atoms with van der Waals surface area (Å²) >= 11 is 0. The number of piperazine rings is 1. The lowest BCUT2D eigenvalue weighted by atomic mass is 10.0. The summed E-state index contributed by atoms with van der Waals surface area (Å²) in [6, 6.07) is 1.83.